The summed E-state index contributed by atoms with van der Waals surface area (Å²) in [4.78, 5) is 10.9. The Morgan fingerprint density at radius 1 is 1.64 bits per heavy atom. The van der Waals surface area contributed by atoms with Crippen molar-refractivity contribution >= 4 is 5.78 Å². The Bertz CT molecular complexity index is 271. The first kappa shape index (κ1) is 8.05. The quantitative estimate of drug-likeness (QED) is 0.609. The van der Waals surface area contributed by atoms with Crippen molar-refractivity contribution in [3.63, 3.8) is 0 Å². The number of ketones is 1. The second-order valence-corrected chi connectivity index (χ2v) is 2.59. The first-order valence-electron chi connectivity index (χ1n) is 3.75. The van der Waals surface area contributed by atoms with Crippen LogP contribution in [0.25, 0.3) is 0 Å². The van der Waals surface area contributed by atoms with Crippen LogP contribution in [0.15, 0.2) is 10.5 Å². The molecule has 11 heavy (non-hydrogen) atoms. The van der Waals surface area contributed by atoms with Crippen LogP contribution in [0.4, 0.5) is 0 Å². The fourth-order valence-corrected chi connectivity index (χ4v) is 1.07. The fraction of sp³-hybridized carbons (Fsp3) is 0.444. The predicted octanol–water partition coefficient (Wildman–Crippen LogP) is 2.35. The Labute approximate surface area is 66.2 Å². The lowest BCUT2D eigenvalue weighted by atomic mass is 10.2. The van der Waals surface area contributed by atoms with Crippen LogP contribution in [-0.4, -0.2) is 5.78 Å². The number of aryl methyl sites for hydroxylation is 2. The van der Waals surface area contributed by atoms with Crippen molar-refractivity contribution in [2.24, 2.45) is 0 Å². The van der Waals surface area contributed by atoms with E-state index < -0.39 is 0 Å². The molecule has 1 heterocycles. The van der Waals surface area contributed by atoms with Gasteiger partial charge in [-0.1, -0.05) is 6.92 Å². The molecule has 0 atom stereocenters. The summed E-state index contributed by atoms with van der Waals surface area (Å²) < 4.78 is 5.30. The minimum atomic E-state index is 0.0750. The Morgan fingerprint density at radius 2 is 2.27 bits per heavy atom. The van der Waals surface area contributed by atoms with Crippen LogP contribution < -0.4 is 0 Å². The average molecular weight is 152 g/mol. The maximum Gasteiger partial charge on any atom is 0.163 e. The number of carbonyl (C=O) groups is 1. The molecule has 0 aliphatic heterocycles. The van der Waals surface area contributed by atoms with Gasteiger partial charge in [-0.2, -0.15) is 0 Å². The van der Waals surface area contributed by atoms with E-state index in [1.165, 1.54) is 0 Å². The second kappa shape index (κ2) is 2.91. The van der Waals surface area contributed by atoms with Gasteiger partial charge in [0, 0.05) is 6.42 Å². The summed E-state index contributed by atoms with van der Waals surface area (Å²) in [6, 6.07) is 1.82. The fourth-order valence-electron chi connectivity index (χ4n) is 1.07. The molecule has 0 bridgehead atoms. The number of rotatable bonds is 2. The molecular formula is C9H12O2. The Kier molecular flexibility index (Phi) is 2.13. The van der Waals surface area contributed by atoms with Gasteiger partial charge in [-0.25, -0.2) is 0 Å². The van der Waals surface area contributed by atoms with Gasteiger partial charge >= 0.3 is 0 Å². The Hall–Kier alpha value is -1.05. The highest BCUT2D eigenvalue weighted by molar-refractivity contribution is 5.95. The van der Waals surface area contributed by atoms with Crippen molar-refractivity contribution in [1.82, 2.24) is 0 Å². The highest BCUT2D eigenvalue weighted by Crippen LogP contribution is 2.15. The van der Waals surface area contributed by atoms with E-state index in [4.69, 9.17) is 4.42 Å². The van der Waals surface area contributed by atoms with Crippen LogP contribution in [0.1, 0.15) is 35.7 Å². The molecule has 0 aromatic carbocycles. The maximum absolute atomic E-state index is 10.9. The first-order chi connectivity index (χ1) is 5.15. The third-order valence-electron chi connectivity index (χ3n) is 1.70. The minimum absolute atomic E-state index is 0.0750. The van der Waals surface area contributed by atoms with E-state index in [1.807, 2.05) is 19.9 Å². The summed E-state index contributed by atoms with van der Waals surface area (Å²) in [5.74, 6) is 1.69. The third-order valence-corrected chi connectivity index (χ3v) is 1.70. The number of furan rings is 1. The molecule has 2 heteroatoms. The van der Waals surface area contributed by atoms with E-state index in [0.29, 0.717) is 5.56 Å². The number of carbonyl (C=O) groups excluding carboxylic acids is 1. The Morgan fingerprint density at radius 3 is 2.55 bits per heavy atom. The minimum Gasteiger partial charge on any atom is -0.466 e. The molecule has 0 spiro atoms. The van der Waals surface area contributed by atoms with E-state index in [0.717, 1.165) is 17.9 Å². The highest BCUT2D eigenvalue weighted by Gasteiger charge is 2.08. The van der Waals surface area contributed by atoms with Gasteiger partial charge in [-0.15, -0.1) is 0 Å². The molecule has 0 amide bonds. The molecule has 0 unspecified atom stereocenters. The molecule has 1 rings (SSSR count). The SMILES string of the molecule is CCc1cc(C(C)=O)c(C)o1. The second-order valence-electron chi connectivity index (χ2n) is 2.59. The van der Waals surface area contributed by atoms with Crippen LogP contribution in [0.3, 0.4) is 0 Å². The van der Waals surface area contributed by atoms with E-state index in [2.05, 4.69) is 0 Å². The van der Waals surface area contributed by atoms with Crippen molar-refractivity contribution in [2.75, 3.05) is 0 Å². The zero-order valence-electron chi connectivity index (χ0n) is 7.10. The van der Waals surface area contributed by atoms with Crippen molar-refractivity contribution in [3.05, 3.63) is 23.2 Å². The van der Waals surface area contributed by atoms with Crippen molar-refractivity contribution < 1.29 is 9.21 Å². The molecular weight excluding hydrogens is 140 g/mol. The van der Waals surface area contributed by atoms with E-state index in [-0.39, 0.29) is 5.78 Å². The van der Waals surface area contributed by atoms with Crippen LogP contribution in [0.5, 0.6) is 0 Å². The zero-order valence-corrected chi connectivity index (χ0v) is 7.10. The monoisotopic (exact) mass is 152 g/mol. The molecule has 0 radical (unpaired) electrons. The van der Waals surface area contributed by atoms with Crippen LogP contribution in [0, 0.1) is 6.92 Å². The molecule has 2 nitrogen and oxygen atoms in total. The van der Waals surface area contributed by atoms with Gasteiger partial charge in [0.25, 0.3) is 0 Å². The van der Waals surface area contributed by atoms with Gasteiger partial charge in [-0.05, 0) is 19.9 Å². The first-order valence-corrected chi connectivity index (χ1v) is 3.75. The average Bonchev–Trinajstić information content (AvgIpc) is 2.30. The van der Waals surface area contributed by atoms with Gasteiger partial charge < -0.3 is 4.42 Å². The molecule has 0 N–H and O–H groups in total. The topological polar surface area (TPSA) is 30.2 Å². The van der Waals surface area contributed by atoms with Gasteiger partial charge in [0.05, 0.1) is 5.56 Å². The van der Waals surface area contributed by atoms with Gasteiger partial charge in [0.2, 0.25) is 0 Å². The van der Waals surface area contributed by atoms with Gasteiger partial charge in [0.1, 0.15) is 11.5 Å². The van der Waals surface area contributed by atoms with Crippen LogP contribution in [-0.2, 0) is 6.42 Å². The normalized spacial score (nSPS) is 10.1. The Balaban J connectivity index is 3.07. The van der Waals surface area contributed by atoms with Crippen molar-refractivity contribution in [2.45, 2.75) is 27.2 Å². The van der Waals surface area contributed by atoms with Crippen molar-refractivity contribution in [1.29, 1.82) is 0 Å². The molecule has 60 valence electrons. The smallest absolute Gasteiger partial charge is 0.163 e. The van der Waals surface area contributed by atoms with E-state index in [9.17, 15) is 4.79 Å². The standard InChI is InChI=1S/C9H12O2/c1-4-8-5-9(6(2)10)7(3)11-8/h5H,4H2,1-3H3. The number of hydrogen-bond acceptors (Lipinski definition) is 2. The number of hydrogen-bond donors (Lipinski definition) is 0. The van der Waals surface area contributed by atoms with Crippen LogP contribution >= 0.6 is 0 Å². The molecule has 1 aromatic heterocycles. The molecule has 0 aliphatic rings. The summed E-state index contributed by atoms with van der Waals surface area (Å²) in [6.45, 7) is 5.37. The summed E-state index contributed by atoms with van der Waals surface area (Å²) >= 11 is 0. The molecule has 0 fully saturated rings. The summed E-state index contributed by atoms with van der Waals surface area (Å²) in [6.07, 6.45) is 0.841. The molecule has 0 saturated heterocycles. The van der Waals surface area contributed by atoms with E-state index >= 15 is 0 Å². The van der Waals surface area contributed by atoms with Crippen LogP contribution in [0.2, 0.25) is 0 Å². The third kappa shape index (κ3) is 1.50. The van der Waals surface area contributed by atoms with Gasteiger partial charge in [0.15, 0.2) is 5.78 Å². The predicted molar refractivity (Wildman–Crippen MR) is 42.8 cm³/mol. The molecule has 0 saturated carbocycles. The highest BCUT2D eigenvalue weighted by atomic mass is 16.3. The summed E-state index contributed by atoms with van der Waals surface area (Å²) in [5, 5.41) is 0. The maximum atomic E-state index is 10.9. The number of Topliss-reactive ketones (excluding diaryl/α,β-unsaturated/α-hetero) is 1. The largest absolute Gasteiger partial charge is 0.466 e. The lowest BCUT2D eigenvalue weighted by Crippen LogP contribution is -1.90. The zero-order chi connectivity index (χ0) is 8.43. The van der Waals surface area contributed by atoms with Gasteiger partial charge in [-0.3, -0.25) is 4.79 Å². The van der Waals surface area contributed by atoms with Crippen molar-refractivity contribution in [3.8, 4) is 0 Å². The molecule has 1 aromatic rings. The van der Waals surface area contributed by atoms with E-state index in [1.54, 1.807) is 6.92 Å². The molecule has 0 aliphatic carbocycles. The summed E-state index contributed by atoms with van der Waals surface area (Å²) in [7, 11) is 0. The lowest BCUT2D eigenvalue weighted by molar-refractivity contribution is 0.101. The lowest BCUT2D eigenvalue weighted by Gasteiger charge is -1.86. The summed E-state index contributed by atoms with van der Waals surface area (Å²) in [5.41, 5.74) is 0.710.